The topological polar surface area (TPSA) is 237 Å². The summed E-state index contributed by atoms with van der Waals surface area (Å²) in [5, 5.41) is 10.6. The average Bonchev–Trinajstić information content (AvgIpc) is 3.59. The maximum Gasteiger partial charge on any atom is 0.472 e. The zero-order chi connectivity index (χ0) is 65.0. The number of phosphoric ester groups is 2. The van der Waals surface area contributed by atoms with Crippen LogP contribution in [0.5, 0.6) is 0 Å². The summed E-state index contributed by atoms with van der Waals surface area (Å²) in [7, 11) is -9.89. The molecule has 0 aromatic rings. The quantitative estimate of drug-likeness (QED) is 0.0222. The third kappa shape index (κ3) is 60.3. The van der Waals surface area contributed by atoms with E-state index in [0.717, 1.165) is 108 Å². The summed E-state index contributed by atoms with van der Waals surface area (Å²) in [5.74, 6) is -0.633. The van der Waals surface area contributed by atoms with Gasteiger partial charge in [0.25, 0.3) is 0 Å². The van der Waals surface area contributed by atoms with E-state index < -0.39 is 97.5 Å². The molecule has 0 radical (unpaired) electrons. The van der Waals surface area contributed by atoms with Crippen LogP contribution in [0.2, 0.25) is 0 Å². The van der Waals surface area contributed by atoms with Gasteiger partial charge in [0, 0.05) is 25.7 Å². The lowest BCUT2D eigenvalue weighted by Crippen LogP contribution is -2.30. The number of ether oxygens (including phenoxy) is 4. The fraction of sp³-hybridized carbons (Fsp3) is 0.942. The third-order valence-electron chi connectivity index (χ3n) is 16.7. The van der Waals surface area contributed by atoms with Crippen molar-refractivity contribution in [1.82, 2.24) is 0 Å². The Labute approximate surface area is 537 Å². The van der Waals surface area contributed by atoms with Gasteiger partial charge >= 0.3 is 39.5 Å². The summed E-state index contributed by atoms with van der Waals surface area (Å²) in [6, 6.07) is 0. The minimum absolute atomic E-state index is 0.103. The van der Waals surface area contributed by atoms with Crippen molar-refractivity contribution < 1.29 is 80.2 Å². The van der Waals surface area contributed by atoms with E-state index in [4.69, 9.17) is 37.0 Å². The number of carbonyl (C=O) groups excluding carboxylic acids is 4. The molecule has 0 aliphatic carbocycles. The number of aliphatic hydroxyl groups excluding tert-OH is 1. The molecule has 0 fully saturated rings. The second kappa shape index (κ2) is 61.3. The summed E-state index contributed by atoms with van der Waals surface area (Å²) < 4.78 is 68.2. The molecule has 0 aliphatic heterocycles. The van der Waals surface area contributed by atoms with Gasteiger partial charge in [-0.05, 0) is 37.5 Å². The Morgan fingerprint density at radius 1 is 0.318 bits per heavy atom. The van der Waals surface area contributed by atoms with Gasteiger partial charge < -0.3 is 33.8 Å². The molecular weight excluding hydrogens is 1160 g/mol. The van der Waals surface area contributed by atoms with E-state index in [2.05, 4.69) is 41.5 Å². The highest BCUT2D eigenvalue weighted by molar-refractivity contribution is 7.47. The number of aliphatic hydroxyl groups is 1. The Morgan fingerprint density at radius 2 is 0.545 bits per heavy atom. The van der Waals surface area contributed by atoms with Gasteiger partial charge in [-0.2, -0.15) is 0 Å². The van der Waals surface area contributed by atoms with Crippen molar-refractivity contribution >= 4 is 39.5 Å². The molecule has 0 rings (SSSR count). The maximum atomic E-state index is 13.0. The Morgan fingerprint density at radius 3 is 0.807 bits per heavy atom. The van der Waals surface area contributed by atoms with E-state index in [0.29, 0.717) is 25.7 Å². The first-order chi connectivity index (χ1) is 42.4. The number of rotatable bonds is 68. The largest absolute Gasteiger partial charge is 0.472 e. The second-order valence-corrected chi connectivity index (χ2v) is 28.3. The summed E-state index contributed by atoms with van der Waals surface area (Å²) in [6.07, 6.45) is 45.9. The van der Waals surface area contributed by atoms with Crippen molar-refractivity contribution in [3.05, 3.63) is 0 Å². The lowest BCUT2D eigenvalue weighted by Gasteiger charge is -2.21. The van der Waals surface area contributed by atoms with Gasteiger partial charge in [0.1, 0.15) is 19.3 Å². The van der Waals surface area contributed by atoms with Crippen molar-refractivity contribution in [3.8, 4) is 0 Å². The number of hydrogen-bond acceptors (Lipinski definition) is 15. The molecule has 4 unspecified atom stereocenters. The van der Waals surface area contributed by atoms with Crippen LogP contribution in [0.25, 0.3) is 0 Å². The number of esters is 4. The Kier molecular flexibility index (Phi) is 59.9. The van der Waals surface area contributed by atoms with E-state index in [1.807, 2.05) is 0 Å². The van der Waals surface area contributed by atoms with Crippen LogP contribution >= 0.6 is 15.6 Å². The molecule has 0 saturated heterocycles. The smallest absolute Gasteiger partial charge is 0.462 e. The number of hydrogen-bond donors (Lipinski definition) is 3. The van der Waals surface area contributed by atoms with Crippen LogP contribution in [0.1, 0.15) is 350 Å². The first-order valence-electron chi connectivity index (χ1n) is 36.1. The van der Waals surface area contributed by atoms with E-state index in [1.165, 1.54) is 161 Å². The molecule has 0 spiro atoms. The van der Waals surface area contributed by atoms with E-state index in [-0.39, 0.29) is 25.7 Å². The molecule has 3 N–H and O–H groups in total. The molecule has 19 heteroatoms. The normalized spacial score (nSPS) is 14.8. The SMILES string of the molecule is CCCCCCCCCCCCCCCCCCCCC(=O)O[C@H](COC(=O)CCCCCCCCCCC(C)CC)COP(=O)(O)OC[C@@H](O)COP(=O)(O)OC[C@@H](COC(=O)CCCCCCCCCC)OC(=O)CCCCCCCCC(C)CC. The Balaban J connectivity index is 5.21. The molecule has 0 heterocycles. The van der Waals surface area contributed by atoms with Crippen LogP contribution in [0.3, 0.4) is 0 Å². The predicted octanol–water partition coefficient (Wildman–Crippen LogP) is 19.6. The molecule has 7 atom stereocenters. The third-order valence-corrected chi connectivity index (χ3v) is 18.6. The molecule has 0 bridgehead atoms. The minimum atomic E-state index is -4.95. The lowest BCUT2D eigenvalue weighted by molar-refractivity contribution is -0.161. The molecular formula is C69H134O17P2. The lowest BCUT2D eigenvalue weighted by atomic mass is 9.99. The van der Waals surface area contributed by atoms with Gasteiger partial charge in [0.05, 0.1) is 26.4 Å². The van der Waals surface area contributed by atoms with E-state index >= 15 is 0 Å². The predicted molar refractivity (Wildman–Crippen MR) is 354 cm³/mol. The standard InChI is InChI=1S/C69H134O17P2/c1-7-11-13-15-17-19-20-21-22-23-24-25-26-27-28-34-41-47-53-68(73)85-64(57-80-67(72)52-46-40-33-30-29-31-37-43-49-61(5)9-3)59-83-87(75,76)81-55-63(70)56-82-88(77,78)84-60-65(58-79-66(71)51-45-39-32-18-16-14-12-8-2)86-69(74)54-48-42-36-35-38-44-50-62(6)10-4/h61-65,70H,7-60H2,1-6H3,(H,75,76)(H,77,78)/t61?,62?,63-,64-,65-/m1/s1. The van der Waals surface area contributed by atoms with Gasteiger partial charge in [-0.1, -0.05) is 298 Å². The van der Waals surface area contributed by atoms with Crippen molar-refractivity contribution in [2.45, 2.75) is 368 Å². The molecule has 522 valence electrons. The number of unbranched alkanes of at least 4 members (excludes halogenated alkanes) is 36. The van der Waals surface area contributed by atoms with Crippen LogP contribution in [0.4, 0.5) is 0 Å². The zero-order valence-corrected chi connectivity index (χ0v) is 58.8. The van der Waals surface area contributed by atoms with Gasteiger partial charge in [-0.15, -0.1) is 0 Å². The zero-order valence-electron chi connectivity index (χ0n) is 57.0. The van der Waals surface area contributed by atoms with Gasteiger partial charge in [0.15, 0.2) is 12.2 Å². The van der Waals surface area contributed by atoms with Gasteiger partial charge in [0.2, 0.25) is 0 Å². The molecule has 0 saturated carbocycles. The number of carbonyl (C=O) groups is 4. The average molecular weight is 1300 g/mol. The van der Waals surface area contributed by atoms with E-state index in [9.17, 15) is 43.2 Å². The van der Waals surface area contributed by atoms with Crippen LogP contribution < -0.4 is 0 Å². The van der Waals surface area contributed by atoms with Crippen LogP contribution in [-0.4, -0.2) is 96.7 Å². The Hall–Kier alpha value is -1.94. The molecule has 17 nitrogen and oxygen atoms in total. The minimum Gasteiger partial charge on any atom is -0.462 e. The highest BCUT2D eigenvalue weighted by atomic mass is 31.2. The van der Waals surface area contributed by atoms with Crippen LogP contribution in [-0.2, 0) is 65.4 Å². The summed E-state index contributed by atoms with van der Waals surface area (Å²) in [4.78, 5) is 72.4. The van der Waals surface area contributed by atoms with Crippen molar-refractivity contribution in [1.29, 1.82) is 0 Å². The first-order valence-corrected chi connectivity index (χ1v) is 39.1. The summed E-state index contributed by atoms with van der Waals surface area (Å²) >= 11 is 0. The summed E-state index contributed by atoms with van der Waals surface area (Å²) in [6.45, 7) is 9.47. The van der Waals surface area contributed by atoms with Crippen LogP contribution in [0, 0.1) is 11.8 Å². The Bertz CT molecular complexity index is 1720. The number of phosphoric acid groups is 2. The molecule has 0 amide bonds. The van der Waals surface area contributed by atoms with Crippen molar-refractivity contribution in [3.63, 3.8) is 0 Å². The highest BCUT2D eigenvalue weighted by Gasteiger charge is 2.30. The molecule has 0 aromatic carbocycles. The van der Waals surface area contributed by atoms with Gasteiger partial charge in [-0.25, -0.2) is 9.13 Å². The summed E-state index contributed by atoms with van der Waals surface area (Å²) in [5.41, 5.74) is 0. The first kappa shape index (κ1) is 86.1. The molecule has 0 aromatic heterocycles. The van der Waals surface area contributed by atoms with Crippen LogP contribution in [0.15, 0.2) is 0 Å². The molecule has 0 aliphatic rings. The second-order valence-electron chi connectivity index (χ2n) is 25.4. The highest BCUT2D eigenvalue weighted by Crippen LogP contribution is 2.45. The fourth-order valence-corrected chi connectivity index (χ4v) is 11.9. The molecule has 88 heavy (non-hydrogen) atoms. The van der Waals surface area contributed by atoms with E-state index in [1.54, 1.807) is 0 Å². The van der Waals surface area contributed by atoms with Crippen molar-refractivity contribution in [2.24, 2.45) is 11.8 Å². The monoisotopic (exact) mass is 1300 g/mol. The maximum absolute atomic E-state index is 13.0. The fourth-order valence-electron chi connectivity index (χ4n) is 10.4. The van der Waals surface area contributed by atoms with Crippen molar-refractivity contribution in [2.75, 3.05) is 39.6 Å². The van der Waals surface area contributed by atoms with Gasteiger partial charge in [-0.3, -0.25) is 37.3 Å².